The molecule has 0 saturated carbocycles. The number of carbonyl (C=O) groups excluding carboxylic acids is 1. The molecule has 6 nitrogen and oxygen atoms in total. The molecule has 0 fully saturated rings. The van der Waals surface area contributed by atoms with Gasteiger partial charge in [-0.2, -0.15) is 5.10 Å². The normalized spacial score (nSPS) is 11.1. The van der Waals surface area contributed by atoms with Gasteiger partial charge in [0.05, 0.1) is 11.3 Å². The molecule has 0 radical (unpaired) electrons. The molecule has 1 amide bonds. The maximum absolute atomic E-state index is 12.7. The number of amides is 1. The number of nitrogens with one attached hydrogen (secondary N) is 1. The minimum Gasteiger partial charge on any atom is -0.460 e. The van der Waals surface area contributed by atoms with E-state index < -0.39 is 0 Å². The van der Waals surface area contributed by atoms with Crippen molar-refractivity contribution < 1.29 is 9.21 Å². The van der Waals surface area contributed by atoms with Crippen LogP contribution in [0.25, 0.3) is 17.1 Å². The molecule has 136 valence electrons. The lowest BCUT2D eigenvalue weighted by Crippen LogP contribution is -2.27. The first kappa shape index (κ1) is 17.9. The van der Waals surface area contributed by atoms with E-state index in [1.165, 1.54) is 0 Å². The van der Waals surface area contributed by atoms with Gasteiger partial charge in [-0.1, -0.05) is 18.2 Å². The van der Waals surface area contributed by atoms with Crippen LogP contribution in [0.15, 0.2) is 53.1 Å². The number of para-hydroxylation sites is 1. The summed E-state index contributed by atoms with van der Waals surface area (Å²) in [6.45, 7) is 3.41. The van der Waals surface area contributed by atoms with E-state index in [1.807, 2.05) is 63.5 Å². The van der Waals surface area contributed by atoms with Crippen molar-refractivity contribution in [3.05, 3.63) is 60.0 Å². The SMILES string of the molecule is Cc1ccc(-c2nn(-c3ccccc3)cc2C(=O)NCCCN(C)C)o1. The summed E-state index contributed by atoms with van der Waals surface area (Å²) in [6, 6.07) is 13.4. The summed E-state index contributed by atoms with van der Waals surface area (Å²) < 4.78 is 7.41. The van der Waals surface area contributed by atoms with Crippen LogP contribution in [0.3, 0.4) is 0 Å². The van der Waals surface area contributed by atoms with Crippen molar-refractivity contribution in [2.45, 2.75) is 13.3 Å². The average Bonchev–Trinajstić information content (AvgIpc) is 3.25. The molecule has 0 atom stereocenters. The number of carbonyl (C=O) groups is 1. The van der Waals surface area contributed by atoms with Gasteiger partial charge < -0.3 is 14.6 Å². The number of aromatic nitrogens is 2. The molecule has 0 spiro atoms. The summed E-state index contributed by atoms with van der Waals surface area (Å²) in [5.74, 6) is 1.23. The van der Waals surface area contributed by atoms with Crippen LogP contribution in [0, 0.1) is 6.92 Å². The summed E-state index contributed by atoms with van der Waals surface area (Å²) in [6.07, 6.45) is 2.64. The van der Waals surface area contributed by atoms with Crippen molar-refractivity contribution in [3.8, 4) is 17.1 Å². The van der Waals surface area contributed by atoms with Gasteiger partial charge in [-0.15, -0.1) is 0 Å². The lowest BCUT2D eigenvalue weighted by Gasteiger charge is -2.09. The summed E-state index contributed by atoms with van der Waals surface area (Å²) in [5.41, 5.74) is 1.95. The minimum atomic E-state index is -0.144. The van der Waals surface area contributed by atoms with Crippen LogP contribution in [0.2, 0.25) is 0 Å². The van der Waals surface area contributed by atoms with Crippen LogP contribution >= 0.6 is 0 Å². The summed E-state index contributed by atoms with van der Waals surface area (Å²) in [5, 5.41) is 7.57. The fourth-order valence-corrected chi connectivity index (χ4v) is 2.69. The molecule has 0 saturated heterocycles. The number of rotatable bonds is 7. The van der Waals surface area contributed by atoms with Crippen LogP contribution in [0.4, 0.5) is 0 Å². The number of benzene rings is 1. The number of hydrogen-bond donors (Lipinski definition) is 1. The molecule has 1 N–H and O–H groups in total. The molecule has 26 heavy (non-hydrogen) atoms. The van der Waals surface area contributed by atoms with E-state index in [0.717, 1.165) is 24.4 Å². The summed E-state index contributed by atoms with van der Waals surface area (Å²) in [7, 11) is 4.03. The van der Waals surface area contributed by atoms with Gasteiger partial charge in [-0.05, 0) is 58.3 Å². The topological polar surface area (TPSA) is 63.3 Å². The van der Waals surface area contributed by atoms with E-state index in [4.69, 9.17) is 4.42 Å². The quantitative estimate of drug-likeness (QED) is 0.664. The predicted molar refractivity (Wildman–Crippen MR) is 102 cm³/mol. The zero-order chi connectivity index (χ0) is 18.5. The molecule has 3 aromatic rings. The first-order valence-corrected chi connectivity index (χ1v) is 8.69. The molecule has 3 rings (SSSR count). The van der Waals surface area contributed by atoms with Gasteiger partial charge in [0.1, 0.15) is 11.5 Å². The van der Waals surface area contributed by atoms with Crippen LogP contribution in [0.5, 0.6) is 0 Å². The first-order chi connectivity index (χ1) is 12.5. The maximum atomic E-state index is 12.7. The van der Waals surface area contributed by atoms with Gasteiger partial charge in [0, 0.05) is 12.7 Å². The Morgan fingerprint density at radius 1 is 1.19 bits per heavy atom. The lowest BCUT2D eigenvalue weighted by atomic mass is 10.2. The van der Waals surface area contributed by atoms with E-state index in [-0.39, 0.29) is 5.91 Å². The Labute approximate surface area is 153 Å². The highest BCUT2D eigenvalue weighted by atomic mass is 16.3. The first-order valence-electron chi connectivity index (χ1n) is 8.69. The summed E-state index contributed by atoms with van der Waals surface area (Å²) in [4.78, 5) is 14.8. The van der Waals surface area contributed by atoms with E-state index in [1.54, 1.807) is 10.9 Å². The summed E-state index contributed by atoms with van der Waals surface area (Å²) >= 11 is 0. The highest BCUT2D eigenvalue weighted by Gasteiger charge is 2.20. The van der Waals surface area contributed by atoms with Crippen molar-refractivity contribution in [2.75, 3.05) is 27.2 Å². The van der Waals surface area contributed by atoms with Gasteiger partial charge >= 0.3 is 0 Å². The smallest absolute Gasteiger partial charge is 0.255 e. The van der Waals surface area contributed by atoms with E-state index in [2.05, 4.69) is 15.3 Å². The fraction of sp³-hybridized carbons (Fsp3) is 0.300. The Bertz CT molecular complexity index is 865. The lowest BCUT2D eigenvalue weighted by molar-refractivity contribution is 0.0952. The third-order valence-electron chi connectivity index (χ3n) is 4.02. The van der Waals surface area contributed by atoms with Crippen LogP contribution < -0.4 is 5.32 Å². The molecule has 2 aromatic heterocycles. The van der Waals surface area contributed by atoms with E-state index >= 15 is 0 Å². The molecular weight excluding hydrogens is 328 g/mol. The van der Waals surface area contributed by atoms with E-state index in [0.29, 0.717) is 23.6 Å². The zero-order valence-electron chi connectivity index (χ0n) is 15.4. The Kier molecular flexibility index (Phi) is 5.53. The Hall–Kier alpha value is -2.86. The molecule has 0 aliphatic rings. The van der Waals surface area contributed by atoms with Crippen molar-refractivity contribution in [2.24, 2.45) is 0 Å². The molecule has 0 aliphatic carbocycles. The van der Waals surface area contributed by atoms with Crippen molar-refractivity contribution in [3.63, 3.8) is 0 Å². The van der Waals surface area contributed by atoms with Crippen LogP contribution in [-0.2, 0) is 0 Å². The second-order valence-electron chi connectivity index (χ2n) is 6.49. The number of nitrogens with zero attached hydrogens (tertiary/aromatic N) is 3. The van der Waals surface area contributed by atoms with E-state index in [9.17, 15) is 4.79 Å². The predicted octanol–water partition coefficient (Wildman–Crippen LogP) is 3.12. The number of aryl methyl sites for hydroxylation is 1. The second kappa shape index (κ2) is 8.01. The Balaban J connectivity index is 1.87. The highest BCUT2D eigenvalue weighted by Crippen LogP contribution is 2.25. The Morgan fingerprint density at radius 3 is 2.62 bits per heavy atom. The minimum absolute atomic E-state index is 0.144. The standard InChI is InChI=1S/C20H24N4O2/c1-15-10-11-18(26-15)19-17(20(25)21-12-7-13-23(2)3)14-24(22-19)16-8-5-4-6-9-16/h4-6,8-11,14H,7,12-13H2,1-3H3,(H,21,25). The van der Waals surface area contributed by atoms with Crippen molar-refractivity contribution in [1.29, 1.82) is 0 Å². The molecule has 2 heterocycles. The van der Waals surface area contributed by atoms with Crippen molar-refractivity contribution in [1.82, 2.24) is 20.0 Å². The van der Waals surface area contributed by atoms with Crippen molar-refractivity contribution >= 4 is 5.91 Å². The molecular formula is C20H24N4O2. The average molecular weight is 352 g/mol. The molecule has 6 heteroatoms. The maximum Gasteiger partial charge on any atom is 0.255 e. The third-order valence-corrected chi connectivity index (χ3v) is 4.02. The van der Waals surface area contributed by atoms with Gasteiger partial charge in [-0.3, -0.25) is 4.79 Å². The van der Waals surface area contributed by atoms with Crippen LogP contribution in [-0.4, -0.2) is 47.8 Å². The largest absolute Gasteiger partial charge is 0.460 e. The second-order valence-corrected chi connectivity index (χ2v) is 6.49. The molecule has 0 bridgehead atoms. The molecule has 1 aromatic carbocycles. The van der Waals surface area contributed by atoms with Gasteiger partial charge in [0.2, 0.25) is 0 Å². The fourth-order valence-electron chi connectivity index (χ4n) is 2.69. The Morgan fingerprint density at radius 2 is 1.96 bits per heavy atom. The van der Waals surface area contributed by atoms with Gasteiger partial charge in [0.25, 0.3) is 5.91 Å². The van der Waals surface area contributed by atoms with Gasteiger partial charge in [-0.25, -0.2) is 4.68 Å². The number of furan rings is 1. The van der Waals surface area contributed by atoms with Crippen LogP contribution in [0.1, 0.15) is 22.5 Å². The number of hydrogen-bond acceptors (Lipinski definition) is 4. The zero-order valence-corrected chi connectivity index (χ0v) is 15.4. The monoisotopic (exact) mass is 352 g/mol. The highest BCUT2D eigenvalue weighted by molar-refractivity contribution is 5.99. The third kappa shape index (κ3) is 4.21. The molecule has 0 unspecified atom stereocenters. The van der Waals surface area contributed by atoms with Gasteiger partial charge in [0.15, 0.2) is 5.76 Å². The molecule has 0 aliphatic heterocycles.